The zero-order valence-electron chi connectivity index (χ0n) is 32.2. The Morgan fingerprint density at radius 2 is 1.40 bits per heavy atom. The summed E-state index contributed by atoms with van der Waals surface area (Å²) >= 11 is 0. The summed E-state index contributed by atoms with van der Waals surface area (Å²) in [5.74, 6) is 0.563. The van der Waals surface area contributed by atoms with Crippen LogP contribution in [0.5, 0.6) is 5.75 Å². The van der Waals surface area contributed by atoms with Crippen molar-refractivity contribution in [3.8, 4) is 67.5 Å². The number of aromatic nitrogens is 3. The molecule has 0 saturated carbocycles. The van der Waals surface area contributed by atoms with Gasteiger partial charge in [0.15, 0.2) is 0 Å². The van der Waals surface area contributed by atoms with E-state index in [1.165, 1.54) is 0 Å². The monoisotopic (exact) mass is 892 g/mol. The Labute approximate surface area is 336 Å². The summed E-state index contributed by atoms with van der Waals surface area (Å²) in [5.41, 5.74) is 11.1. The molecule has 0 fully saturated rings. The molecular formula is C49H32N3O2Pt-. The Hall–Kier alpha value is -6.55. The van der Waals surface area contributed by atoms with Crippen molar-refractivity contribution >= 4 is 33.0 Å². The van der Waals surface area contributed by atoms with Gasteiger partial charge in [0.2, 0.25) is 0 Å². The van der Waals surface area contributed by atoms with E-state index in [0.717, 1.165) is 60.9 Å². The van der Waals surface area contributed by atoms with Crippen LogP contribution in [0.1, 0.15) is 9.68 Å². The summed E-state index contributed by atoms with van der Waals surface area (Å²) in [6.07, 6.45) is 1.82. The Morgan fingerprint density at radius 1 is 0.655 bits per heavy atom. The van der Waals surface area contributed by atoms with E-state index in [9.17, 15) is 5.11 Å². The molecule has 0 spiro atoms. The quantitative estimate of drug-likeness (QED) is 0.169. The van der Waals surface area contributed by atoms with Crippen molar-refractivity contribution in [2.45, 2.75) is 6.85 Å². The third-order valence-corrected chi connectivity index (χ3v) is 9.97. The van der Waals surface area contributed by atoms with Gasteiger partial charge in [-0.05, 0) is 76.8 Å². The maximum Gasteiger partial charge on any atom is 0.148 e. The van der Waals surface area contributed by atoms with Gasteiger partial charge in [-0.1, -0.05) is 138 Å². The van der Waals surface area contributed by atoms with E-state index < -0.39 is 6.85 Å². The van der Waals surface area contributed by atoms with Crippen molar-refractivity contribution in [3.63, 3.8) is 0 Å². The molecule has 10 rings (SSSR count). The van der Waals surface area contributed by atoms with Crippen LogP contribution in [0, 0.1) is 12.9 Å². The number of nitrogens with zero attached hydrogens (tertiary/aromatic N) is 3. The molecule has 3 heterocycles. The van der Waals surface area contributed by atoms with E-state index in [0.29, 0.717) is 33.7 Å². The SMILES string of the molecule is [2H]C([2H])([2H])c1ccc(-n2c(-c3ccccc3O)nc3c(-c4[c-]c(-c5cc(-c6ccccc6)ccn5)cc5oc6ccccc6c45)cccc32)c(-c2ccccc2)c1.[Pt]. The number of hydrogen-bond donors (Lipinski definition) is 1. The Kier molecular flexibility index (Phi) is 7.87. The van der Waals surface area contributed by atoms with Crippen LogP contribution in [0.15, 0.2) is 174 Å². The van der Waals surface area contributed by atoms with E-state index in [4.69, 9.17) is 18.5 Å². The second kappa shape index (κ2) is 14.0. The van der Waals surface area contributed by atoms with Crippen LogP contribution in [0.3, 0.4) is 0 Å². The largest absolute Gasteiger partial charge is 0.507 e. The maximum absolute atomic E-state index is 11.3. The third kappa shape index (κ3) is 5.94. The van der Waals surface area contributed by atoms with E-state index in [2.05, 4.69) is 30.3 Å². The number of phenols is 1. The normalized spacial score (nSPS) is 12.3. The van der Waals surface area contributed by atoms with Crippen molar-refractivity contribution in [2.75, 3.05) is 0 Å². The van der Waals surface area contributed by atoms with Gasteiger partial charge in [-0.2, -0.15) is 0 Å². The zero-order chi connectivity index (χ0) is 38.7. The fourth-order valence-corrected chi connectivity index (χ4v) is 7.48. The van der Waals surface area contributed by atoms with Gasteiger partial charge in [0.1, 0.15) is 17.2 Å². The van der Waals surface area contributed by atoms with Crippen molar-refractivity contribution in [1.82, 2.24) is 14.5 Å². The van der Waals surface area contributed by atoms with Crippen LogP contribution >= 0.6 is 0 Å². The number of hydrogen-bond acceptors (Lipinski definition) is 4. The maximum atomic E-state index is 11.3. The number of aryl methyl sites for hydroxylation is 1. The first-order valence-electron chi connectivity index (χ1n) is 19.2. The molecule has 0 unspecified atom stereocenters. The number of imidazole rings is 1. The summed E-state index contributed by atoms with van der Waals surface area (Å²) in [4.78, 5) is 10.2. The number of fused-ring (bicyclic) bond motifs is 4. The van der Waals surface area contributed by atoms with Crippen LogP contribution in [-0.2, 0) is 21.1 Å². The summed E-state index contributed by atoms with van der Waals surface area (Å²) in [5, 5.41) is 13.2. The minimum absolute atomic E-state index is 0. The first-order valence-corrected chi connectivity index (χ1v) is 17.7. The molecule has 6 heteroatoms. The van der Waals surface area contributed by atoms with Gasteiger partial charge >= 0.3 is 0 Å². The average Bonchev–Trinajstić information content (AvgIpc) is 3.82. The van der Waals surface area contributed by atoms with Gasteiger partial charge in [-0.15, -0.1) is 11.6 Å². The Bertz CT molecular complexity index is 3140. The number of rotatable bonds is 6. The summed E-state index contributed by atoms with van der Waals surface area (Å²) < 4.78 is 33.3. The molecule has 0 atom stereocenters. The molecule has 1 N–H and O–H groups in total. The van der Waals surface area contributed by atoms with Gasteiger partial charge in [0, 0.05) is 42.6 Å². The first-order chi connectivity index (χ1) is 27.8. The molecule has 55 heavy (non-hydrogen) atoms. The first kappa shape index (κ1) is 30.9. The number of benzene rings is 7. The molecule has 0 saturated heterocycles. The molecular weight excluding hydrogens is 858 g/mol. The average molecular weight is 893 g/mol. The van der Waals surface area contributed by atoms with Gasteiger partial charge in [0.25, 0.3) is 0 Å². The number of pyridine rings is 1. The van der Waals surface area contributed by atoms with Crippen LogP contribution in [-0.4, -0.2) is 19.6 Å². The van der Waals surface area contributed by atoms with E-state index in [1.54, 1.807) is 24.3 Å². The summed E-state index contributed by atoms with van der Waals surface area (Å²) in [6, 6.07) is 56.1. The summed E-state index contributed by atoms with van der Waals surface area (Å²) in [6.45, 7) is -2.32. The van der Waals surface area contributed by atoms with Gasteiger partial charge in [-0.3, -0.25) is 9.55 Å². The minimum Gasteiger partial charge on any atom is -0.507 e. The Morgan fingerprint density at radius 3 is 2.22 bits per heavy atom. The number of furan rings is 1. The Balaban J connectivity index is 0.00000436. The molecule has 0 aliphatic heterocycles. The van der Waals surface area contributed by atoms with Gasteiger partial charge in [0.05, 0.1) is 27.9 Å². The van der Waals surface area contributed by atoms with E-state index >= 15 is 0 Å². The number of aromatic hydroxyl groups is 1. The molecule has 0 aliphatic carbocycles. The molecule has 0 aliphatic rings. The topological polar surface area (TPSA) is 64.1 Å². The fraction of sp³-hybridized carbons (Fsp3) is 0.0204. The molecule has 0 amide bonds. The van der Waals surface area contributed by atoms with Crippen molar-refractivity contribution in [1.29, 1.82) is 0 Å². The molecule has 266 valence electrons. The molecule has 7 aromatic carbocycles. The summed E-state index contributed by atoms with van der Waals surface area (Å²) in [7, 11) is 0. The van der Waals surface area contributed by atoms with Crippen LogP contribution in [0.25, 0.3) is 94.7 Å². The van der Waals surface area contributed by atoms with E-state index in [-0.39, 0.29) is 32.4 Å². The second-order valence-corrected chi connectivity index (χ2v) is 13.3. The molecule has 0 bridgehead atoms. The zero-order valence-corrected chi connectivity index (χ0v) is 31.5. The van der Waals surface area contributed by atoms with Crippen LogP contribution in [0.2, 0.25) is 0 Å². The molecule has 10 aromatic rings. The van der Waals surface area contributed by atoms with Gasteiger partial charge in [-0.25, -0.2) is 4.98 Å². The fourth-order valence-electron chi connectivity index (χ4n) is 7.48. The van der Waals surface area contributed by atoms with Crippen molar-refractivity contribution < 1.29 is 34.7 Å². The minimum atomic E-state index is -2.32. The van der Waals surface area contributed by atoms with E-state index in [1.807, 2.05) is 126 Å². The smallest absolute Gasteiger partial charge is 0.148 e. The van der Waals surface area contributed by atoms with Gasteiger partial charge < -0.3 is 9.52 Å². The van der Waals surface area contributed by atoms with Crippen LogP contribution < -0.4 is 0 Å². The molecule has 0 radical (unpaired) electrons. The predicted molar refractivity (Wildman–Crippen MR) is 219 cm³/mol. The number of para-hydroxylation sites is 3. The third-order valence-electron chi connectivity index (χ3n) is 9.97. The number of phenolic OH excluding ortho intramolecular Hbond substituents is 1. The molecule has 3 aromatic heterocycles. The van der Waals surface area contributed by atoms with Crippen molar-refractivity contribution in [3.05, 3.63) is 182 Å². The predicted octanol–water partition coefficient (Wildman–Crippen LogP) is 12.5. The molecule has 5 nitrogen and oxygen atoms in total. The standard InChI is InChI=1S/C49H32N3O2.Pt/c1-31-23-24-42(39(27-31)33-15-6-3-7-16-33)52-43-20-12-19-36(48(43)51-49(52)37-17-8-10-21-44(37)53)40-28-35(30-46-47(40)38-18-9-11-22-45(38)54-46)41-29-34(25-26-50-41)32-13-4-2-5-14-32;/h2-27,29-30,53H,1H3;/q-1;/i1D3;. The second-order valence-electron chi connectivity index (χ2n) is 13.3. The van der Waals surface area contributed by atoms with Crippen LogP contribution in [0.4, 0.5) is 0 Å². The van der Waals surface area contributed by atoms with Crippen molar-refractivity contribution in [2.24, 2.45) is 0 Å².